The highest BCUT2D eigenvalue weighted by molar-refractivity contribution is 5.79. The van der Waals surface area contributed by atoms with E-state index in [9.17, 15) is 0 Å². The summed E-state index contributed by atoms with van der Waals surface area (Å²) in [6.07, 6.45) is 4.64. The monoisotopic (exact) mass is 337 g/mol. The van der Waals surface area contributed by atoms with Crippen LogP contribution in [0.1, 0.15) is 25.5 Å². The molecule has 6 heteroatoms. The molecule has 24 heavy (non-hydrogen) atoms. The van der Waals surface area contributed by atoms with Crippen LogP contribution in [-0.2, 0) is 15.9 Å². The van der Waals surface area contributed by atoms with E-state index in [0.29, 0.717) is 5.92 Å². The van der Waals surface area contributed by atoms with E-state index in [1.807, 2.05) is 19.1 Å². The molecule has 0 aliphatic carbocycles. The Balaban J connectivity index is 1.80. The van der Waals surface area contributed by atoms with Crippen molar-refractivity contribution in [2.45, 2.75) is 26.2 Å². The minimum absolute atomic E-state index is 0.593. The molecule has 0 radical (unpaired) electrons. The van der Waals surface area contributed by atoms with Crippen LogP contribution in [0.4, 0.5) is 0 Å². The molecule has 0 spiro atoms. The zero-order chi connectivity index (χ0) is 17.0. The van der Waals surface area contributed by atoms with Crippen molar-refractivity contribution < 1.29 is 13.9 Å². The van der Waals surface area contributed by atoms with Crippen molar-refractivity contribution in [1.29, 1.82) is 0 Å². The molecule has 0 amide bonds. The predicted molar refractivity (Wildman–Crippen MR) is 95.4 cm³/mol. The number of nitrogens with one attached hydrogen (secondary N) is 1. The third kappa shape index (κ3) is 6.93. The van der Waals surface area contributed by atoms with Gasteiger partial charge in [0.25, 0.3) is 0 Å². The SMILES string of the molecule is CCOCCCN=C(NCCc1ccco1)N(C)CC1CCOC1. The fourth-order valence-electron chi connectivity index (χ4n) is 2.76. The second-order valence-corrected chi connectivity index (χ2v) is 6.12. The van der Waals surface area contributed by atoms with Crippen LogP contribution in [0.2, 0.25) is 0 Å². The average molecular weight is 337 g/mol. The first-order valence-electron chi connectivity index (χ1n) is 8.97. The first-order chi connectivity index (χ1) is 11.8. The van der Waals surface area contributed by atoms with Crippen molar-refractivity contribution >= 4 is 5.96 Å². The summed E-state index contributed by atoms with van der Waals surface area (Å²) in [5, 5.41) is 3.46. The van der Waals surface area contributed by atoms with E-state index >= 15 is 0 Å². The number of furan rings is 1. The maximum Gasteiger partial charge on any atom is 0.193 e. The van der Waals surface area contributed by atoms with Crippen LogP contribution in [-0.4, -0.2) is 64.0 Å². The van der Waals surface area contributed by atoms with Gasteiger partial charge in [-0.1, -0.05) is 0 Å². The molecular weight excluding hydrogens is 306 g/mol. The normalized spacial score (nSPS) is 18.1. The van der Waals surface area contributed by atoms with E-state index in [1.165, 1.54) is 0 Å². The van der Waals surface area contributed by atoms with Crippen LogP contribution in [0.3, 0.4) is 0 Å². The fourth-order valence-corrected chi connectivity index (χ4v) is 2.76. The molecule has 2 rings (SSSR count). The van der Waals surface area contributed by atoms with Crippen molar-refractivity contribution in [1.82, 2.24) is 10.2 Å². The van der Waals surface area contributed by atoms with Gasteiger partial charge >= 0.3 is 0 Å². The Morgan fingerprint density at radius 2 is 2.42 bits per heavy atom. The topological polar surface area (TPSA) is 59.2 Å². The van der Waals surface area contributed by atoms with Crippen LogP contribution < -0.4 is 5.32 Å². The van der Waals surface area contributed by atoms with Crippen molar-refractivity contribution in [3.05, 3.63) is 24.2 Å². The van der Waals surface area contributed by atoms with Crippen LogP contribution in [0.5, 0.6) is 0 Å². The van der Waals surface area contributed by atoms with E-state index in [0.717, 1.165) is 77.0 Å². The highest BCUT2D eigenvalue weighted by Crippen LogP contribution is 2.13. The van der Waals surface area contributed by atoms with Gasteiger partial charge in [-0.05, 0) is 31.9 Å². The molecule has 0 bridgehead atoms. The lowest BCUT2D eigenvalue weighted by atomic mass is 10.1. The van der Waals surface area contributed by atoms with E-state index in [1.54, 1.807) is 6.26 Å². The molecule has 2 heterocycles. The smallest absolute Gasteiger partial charge is 0.193 e. The lowest BCUT2D eigenvalue weighted by Crippen LogP contribution is -2.42. The minimum Gasteiger partial charge on any atom is -0.469 e. The number of nitrogens with zero attached hydrogens (tertiary/aromatic N) is 2. The molecule has 0 saturated carbocycles. The molecule has 1 aliphatic heterocycles. The summed E-state index contributed by atoms with van der Waals surface area (Å²) < 4.78 is 16.2. The predicted octanol–water partition coefficient (Wildman–Crippen LogP) is 2.16. The molecule has 6 nitrogen and oxygen atoms in total. The number of guanidine groups is 1. The van der Waals surface area contributed by atoms with Gasteiger partial charge in [0.15, 0.2) is 5.96 Å². The summed E-state index contributed by atoms with van der Waals surface area (Å²) in [5.74, 6) is 2.53. The number of rotatable bonds is 10. The molecule has 1 aromatic heterocycles. The van der Waals surface area contributed by atoms with E-state index in [-0.39, 0.29) is 0 Å². The van der Waals surface area contributed by atoms with Gasteiger partial charge in [-0.15, -0.1) is 0 Å². The van der Waals surface area contributed by atoms with Gasteiger partial charge in [-0.3, -0.25) is 4.99 Å². The zero-order valence-corrected chi connectivity index (χ0v) is 15.0. The summed E-state index contributed by atoms with van der Waals surface area (Å²) in [6, 6.07) is 3.92. The summed E-state index contributed by atoms with van der Waals surface area (Å²) in [7, 11) is 2.10. The van der Waals surface area contributed by atoms with Gasteiger partial charge in [0.1, 0.15) is 5.76 Å². The molecule has 1 fully saturated rings. The zero-order valence-electron chi connectivity index (χ0n) is 15.0. The fraction of sp³-hybridized carbons (Fsp3) is 0.722. The summed E-state index contributed by atoms with van der Waals surface area (Å²) in [4.78, 5) is 6.95. The maximum atomic E-state index is 5.48. The van der Waals surface area contributed by atoms with Crippen molar-refractivity contribution in [3.63, 3.8) is 0 Å². The summed E-state index contributed by atoms with van der Waals surface area (Å²) in [5.41, 5.74) is 0. The third-order valence-electron chi connectivity index (χ3n) is 4.06. The van der Waals surface area contributed by atoms with Crippen LogP contribution >= 0.6 is 0 Å². The van der Waals surface area contributed by atoms with Gasteiger partial charge < -0.3 is 24.1 Å². The maximum absolute atomic E-state index is 5.48. The van der Waals surface area contributed by atoms with Crippen molar-refractivity contribution in [2.75, 3.05) is 53.1 Å². The van der Waals surface area contributed by atoms with E-state index in [2.05, 4.69) is 17.3 Å². The molecule has 1 unspecified atom stereocenters. The minimum atomic E-state index is 0.593. The standard InChI is InChI=1S/C18H31N3O3/c1-3-22-11-5-9-19-18(20-10-7-17-6-4-12-24-17)21(2)14-16-8-13-23-15-16/h4,6,12,16H,3,5,7-11,13-15H2,1-2H3,(H,19,20). The lowest BCUT2D eigenvalue weighted by molar-refractivity contribution is 0.146. The Hall–Kier alpha value is -1.53. The lowest BCUT2D eigenvalue weighted by Gasteiger charge is -2.25. The van der Waals surface area contributed by atoms with Gasteiger partial charge in [-0.2, -0.15) is 0 Å². The number of aliphatic imine (C=N–C) groups is 1. The molecule has 0 aromatic carbocycles. The Bertz CT molecular complexity index is 456. The van der Waals surface area contributed by atoms with E-state index in [4.69, 9.17) is 18.9 Å². The summed E-state index contributed by atoms with van der Waals surface area (Å²) in [6.45, 7) is 7.83. The first kappa shape index (κ1) is 18.8. The van der Waals surface area contributed by atoms with Gasteiger partial charge in [0.2, 0.25) is 0 Å². The molecule has 136 valence electrons. The average Bonchev–Trinajstić information content (AvgIpc) is 3.26. The van der Waals surface area contributed by atoms with Gasteiger partial charge in [0, 0.05) is 58.8 Å². The molecule has 1 aromatic rings. The van der Waals surface area contributed by atoms with E-state index < -0.39 is 0 Å². The highest BCUT2D eigenvalue weighted by Gasteiger charge is 2.19. The second-order valence-electron chi connectivity index (χ2n) is 6.12. The Kier molecular flexibility index (Phi) is 8.70. The molecular formula is C18H31N3O3. The van der Waals surface area contributed by atoms with Gasteiger partial charge in [0.05, 0.1) is 12.9 Å². The molecule has 1 aliphatic rings. The molecule has 1 atom stereocenters. The quantitative estimate of drug-likeness (QED) is 0.403. The van der Waals surface area contributed by atoms with Crippen molar-refractivity contribution in [3.8, 4) is 0 Å². The van der Waals surface area contributed by atoms with Crippen LogP contribution in [0.15, 0.2) is 27.8 Å². The van der Waals surface area contributed by atoms with Crippen molar-refractivity contribution in [2.24, 2.45) is 10.9 Å². The number of hydrogen-bond donors (Lipinski definition) is 1. The molecule has 1 N–H and O–H groups in total. The highest BCUT2D eigenvalue weighted by atomic mass is 16.5. The first-order valence-corrected chi connectivity index (χ1v) is 8.97. The largest absolute Gasteiger partial charge is 0.469 e. The Morgan fingerprint density at radius 3 is 3.12 bits per heavy atom. The Labute approximate surface area is 145 Å². The number of hydrogen-bond acceptors (Lipinski definition) is 4. The van der Waals surface area contributed by atoms with Crippen LogP contribution in [0, 0.1) is 5.92 Å². The van der Waals surface area contributed by atoms with Crippen LogP contribution in [0.25, 0.3) is 0 Å². The summed E-state index contributed by atoms with van der Waals surface area (Å²) >= 11 is 0. The van der Waals surface area contributed by atoms with Gasteiger partial charge in [-0.25, -0.2) is 0 Å². The number of ether oxygens (including phenoxy) is 2. The third-order valence-corrected chi connectivity index (χ3v) is 4.06. The second kappa shape index (κ2) is 11.1. The molecule has 1 saturated heterocycles. The Morgan fingerprint density at radius 1 is 1.50 bits per heavy atom.